The third-order valence-electron chi connectivity index (χ3n) is 3.75. The number of nitrogens with two attached hydrogens (primary N) is 1. The summed E-state index contributed by atoms with van der Waals surface area (Å²) >= 11 is 0. The van der Waals surface area contributed by atoms with Crippen LogP contribution in [0.4, 0.5) is 0 Å². The van der Waals surface area contributed by atoms with Crippen LogP contribution in [0.25, 0.3) is 0 Å². The standard InChI is InChI=1S/C13H29N/c1-5-7-9-13(4,10-8-6-2)12(3)11-14/h12H,5-11,14H2,1-4H3. The molecular weight excluding hydrogens is 170 g/mol. The van der Waals surface area contributed by atoms with Gasteiger partial charge in [-0.3, -0.25) is 0 Å². The van der Waals surface area contributed by atoms with Gasteiger partial charge in [-0.05, 0) is 30.7 Å². The average molecular weight is 199 g/mol. The molecule has 0 aliphatic carbocycles. The fraction of sp³-hybridized carbons (Fsp3) is 1.00. The van der Waals surface area contributed by atoms with E-state index in [1.165, 1.54) is 38.5 Å². The quantitative estimate of drug-likeness (QED) is 0.629. The van der Waals surface area contributed by atoms with Crippen LogP contribution in [0.3, 0.4) is 0 Å². The lowest BCUT2D eigenvalue weighted by atomic mass is 9.71. The molecule has 1 heteroatoms. The Bertz CT molecular complexity index is 123. The van der Waals surface area contributed by atoms with Crippen molar-refractivity contribution in [3.8, 4) is 0 Å². The highest BCUT2D eigenvalue weighted by Crippen LogP contribution is 2.37. The third kappa shape index (κ3) is 4.45. The Hall–Kier alpha value is -0.0400. The smallest absolute Gasteiger partial charge is 0.00463 e. The van der Waals surface area contributed by atoms with Gasteiger partial charge in [-0.15, -0.1) is 0 Å². The van der Waals surface area contributed by atoms with Crippen LogP contribution in [0.1, 0.15) is 66.2 Å². The van der Waals surface area contributed by atoms with Crippen LogP contribution in [-0.4, -0.2) is 6.54 Å². The molecule has 0 radical (unpaired) electrons. The molecule has 0 saturated carbocycles. The summed E-state index contributed by atoms with van der Waals surface area (Å²) < 4.78 is 0. The summed E-state index contributed by atoms with van der Waals surface area (Å²) in [6.45, 7) is 10.1. The highest BCUT2D eigenvalue weighted by molar-refractivity contribution is 4.80. The first-order valence-corrected chi connectivity index (χ1v) is 6.30. The summed E-state index contributed by atoms with van der Waals surface area (Å²) in [5.74, 6) is 0.667. The highest BCUT2D eigenvalue weighted by atomic mass is 14.6. The minimum atomic E-state index is 0.487. The number of unbranched alkanes of at least 4 members (excludes halogenated alkanes) is 2. The van der Waals surface area contributed by atoms with Crippen molar-refractivity contribution in [2.24, 2.45) is 17.1 Å². The van der Waals surface area contributed by atoms with Crippen molar-refractivity contribution in [2.75, 3.05) is 6.54 Å². The van der Waals surface area contributed by atoms with Gasteiger partial charge < -0.3 is 5.73 Å². The molecular formula is C13H29N. The SMILES string of the molecule is CCCCC(C)(CCCC)C(C)CN. The topological polar surface area (TPSA) is 26.0 Å². The Labute approximate surface area is 90.5 Å². The first-order valence-electron chi connectivity index (χ1n) is 6.30. The summed E-state index contributed by atoms with van der Waals surface area (Å²) in [6.07, 6.45) is 8.01. The lowest BCUT2D eigenvalue weighted by molar-refractivity contribution is 0.163. The summed E-state index contributed by atoms with van der Waals surface area (Å²) in [4.78, 5) is 0. The fourth-order valence-electron chi connectivity index (χ4n) is 2.06. The van der Waals surface area contributed by atoms with E-state index in [1.807, 2.05) is 0 Å². The lowest BCUT2D eigenvalue weighted by Crippen LogP contribution is -2.31. The maximum absolute atomic E-state index is 5.80. The maximum atomic E-state index is 5.80. The molecule has 1 atom stereocenters. The second-order valence-corrected chi connectivity index (χ2v) is 5.00. The monoisotopic (exact) mass is 199 g/mol. The minimum absolute atomic E-state index is 0.487. The Morgan fingerprint density at radius 2 is 1.50 bits per heavy atom. The van der Waals surface area contributed by atoms with Gasteiger partial charge in [0.2, 0.25) is 0 Å². The first kappa shape index (κ1) is 14.0. The molecule has 0 aromatic heterocycles. The van der Waals surface area contributed by atoms with Gasteiger partial charge in [0.25, 0.3) is 0 Å². The van der Waals surface area contributed by atoms with E-state index in [-0.39, 0.29) is 0 Å². The molecule has 0 saturated heterocycles. The van der Waals surface area contributed by atoms with E-state index < -0.39 is 0 Å². The molecule has 0 aromatic rings. The van der Waals surface area contributed by atoms with E-state index in [2.05, 4.69) is 27.7 Å². The summed E-state index contributed by atoms with van der Waals surface area (Å²) in [6, 6.07) is 0. The molecule has 14 heavy (non-hydrogen) atoms. The number of hydrogen-bond donors (Lipinski definition) is 1. The summed E-state index contributed by atoms with van der Waals surface area (Å²) in [5.41, 5.74) is 6.29. The van der Waals surface area contributed by atoms with Gasteiger partial charge in [0.1, 0.15) is 0 Å². The van der Waals surface area contributed by atoms with Crippen LogP contribution >= 0.6 is 0 Å². The van der Waals surface area contributed by atoms with Crippen molar-refractivity contribution in [3.63, 3.8) is 0 Å². The van der Waals surface area contributed by atoms with Crippen molar-refractivity contribution in [1.29, 1.82) is 0 Å². The average Bonchev–Trinajstić information content (AvgIpc) is 2.22. The Kier molecular flexibility index (Phi) is 7.26. The first-order chi connectivity index (χ1) is 6.60. The van der Waals surface area contributed by atoms with Gasteiger partial charge >= 0.3 is 0 Å². The van der Waals surface area contributed by atoms with Crippen LogP contribution in [0, 0.1) is 11.3 Å². The van der Waals surface area contributed by atoms with E-state index in [1.54, 1.807) is 0 Å². The molecule has 0 amide bonds. The van der Waals surface area contributed by atoms with E-state index in [9.17, 15) is 0 Å². The Balaban J connectivity index is 4.16. The zero-order valence-corrected chi connectivity index (χ0v) is 10.6. The second kappa shape index (κ2) is 7.28. The number of rotatable bonds is 8. The van der Waals surface area contributed by atoms with Gasteiger partial charge in [-0.1, -0.05) is 53.4 Å². The molecule has 86 valence electrons. The number of hydrogen-bond acceptors (Lipinski definition) is 1. The van der Waals surface area contributed by atoms with Gasteiger partial charge in [0, 0.05) is 0 Å². The highest BCUT2D eigenvalue weighted by Gasteiger charge is 2.28. The van der Waals surface area contributed by atoms with E-state index in [0.717, 1.165) is 6.54 Å². The van der Waals surface area contributed by atoms with Crippen molar-refractivity contribution < 1.29 is 0 Å². The van der Waals surface area contributed by atoms with Gasteiger partial charge in [0.15, 0.2) is 0 Å². The molecule has 0 aromatic carbocycles. The molecule has 0 rings (SSSR count). The maximum Gasteiger partial charge on any atom is -0.00463 e. The van der Waals surface area contributed by atoms with E-state index in [0.29, 0.717) is 11.3 Å². The summed E-state index contributed by atoms with van der Waals surface area (Å²) in [5, 5.41) is 0. The normalized spacial score (nSPS) is 14.4. The molecule has 0 spiro atoms. The molecule has 0 aliphatic heterocycles. The van der Waals surface area contributed by atoms with Gasteiger partial charge in [-0.25, -0.2) is 0 Å². The predicted octanol–water partition coefficient (Wildman–Crippen LogP) is 3.97. The zero-order valence-electron chi connectivity index (χ0n) is 10.6. The zero-order chi connectivity index (χ0) is 11.0. The molecule has 1 unspecified atom stereocenters. The van der Waals surface area contributed by atoms with Gasteiger partial charge in [0.05, 0.1) is 0 Å². The largest absolute Gasteiger partial charge is 0.330 e. The third-order valence-corrected chi connectivity index (χ3v) is 3.75. The minimum Gasteiger partial charge on any atom is -0.330 e. The molecule has 0 bridgehead atoms. The molecule has 2 N–H and O–H groups in total. The van der Waals surface area contributed by atoms with Crippen LogP contribution in [0.5, 0.6) is 0 Å². The molecule has 0 aliphatic rings. The molecule has 1 nitrogen and oxygen atoms in total. The Morgan fingerprint density at radius 3 is 1.79 bits per heavy atom. The van der Waals surface area contributed by atoms with Crippen LogP contribution in [0.15, 0.2) is 0 Å². The summed E-state index contributed by atoms with van der Waals surface area (Å²) in [7, 11) is 0. The second-order valence-electron chi connectivity index (χ2n) is 5.00. The molecule has 0 heterocycles. The van der Waals surface area contributed by atoms with Crippen molar-refractivity contribution in [2.45, 2.75) is 66.2 Å². The lowest BCUT2D eigenvalue weighted by Gasteiger charge is -2.35. The fourth-order valence-corrected chi connectivity index (χ4v) is 2.06. The van der Waals surface area contributed by atoms with Crippen LogP contribution in [0.2, 0.25) is 0 Å². The van der Waals surface area contributed by atoms with Gasteiger partial charge in [-0.2, -0.15) is 0 Å². The molecule has 0 fully saturated rings. The van der Waals surface area contributed by atoms with Crippen LogP contribution < -0.4 is 5.73 Å². The van der Waals surface area contributed by atoms with Crippen molar-refractivity contribution >= 4 is 0 Å². The van der Waals surface area contributed by atoms with Crippen LogP contribution in [-0.2, 0) is 0 Å². The van der Waals surface area contributed by atoms with Crippen molar-refractivity contribution in [3.05, 3.63) is 0 Å². The predicted molar refractivity (Wildman–Crippen MR) is 65.4 cm³/mol. The van der Waals surface area contributed by atoms with E-state index >= 15 is 0 Å². The van der Waals surface area contributed by atoms with Crippen molar-refractivity contribution in [1.82, 2.24) is 0 Å². The Morgan fingerprint density at radius 1 is 1.07 bits per heavy atom. The van der Waals surface area contributed by atoms with E-state index in [4.69, 9.17) is 5.73 Å².